The summed E-state index contributed by atoms with van der Waals surface area (Å²) in [5, 5.41) is 7.40. The summed E-state index contributed by atoms with van der Waals surface area (Å²) in [7, 11) is 3.75. The summed E-state index contributed by atoms with van der Waals surface area (Å²) in [6.07, 6.45) is 8.23. The van der Waals surface area contributed by atoms with E-state index >= 15 is 4.39 Å². The number of rotatable bonds is 9. The minimum absolute atomic E-state index is 0.0501. The summed E-state index contributed by atoms with van der Waals surface area (Å²) in [4.78, 5) is 29.5. The predicted octanol–water partition coefficient (Wildman–Crippen LogP) is 6.11. The van der Waals surface area contributed by atoms with E-state index in [1.165, 1.54) is 18.5 Å². The van der Waals surface area contributed by atoms with Gasteiger partial charge >= 0.3 is 0 Å². The van der Waals surface area contributed by atoms with Crippen LogP contribution in [0.25, 0.3) is 10.9 Å². The van der Waals surface area contributed by atoms with E-state index in [1.54, 1.807) is 36.4 Å². The number of halogens is 1. The van der Waals surface area contributed by atoms with Gasteiger partial charge in [0.25, 0.3) is 0 Å². The van der Waals surface area contributed by atoms with Gasteiger partial charge in [-0.2, -0.15) is 0 Å². The van der Waals surface area contributed by atoms with E-state index in [4.69, 9.17) is 9.47 Å². The van der Waals surface area contributed by atoms with Gasteiger partial charge in [-0.15, -0.1) is 0 Å². The van der Waals surface area contributed by atoms with Crippen LogP contribution in [0.2, 0.25) is 0 Å². The molecule has 234 valence electrons. The molecule has 2 N–H and O–H groups in total. The lowest BCUT2D eigenvalue weighted by molar-refractivity contribution is -0.126. The molecule has 0 saturated carbocycles. The predicted molar refractivity (Wildman–Crippen MR) is 173 cm³/mol. The average molecular weight is 612 g/mol. The molecule has 0 radical (unpaired) electrons. The SMILES string of the molecule is C=CC(=O)N1CCC(Nc2cc3c(Nc4ccc(Oc5ccnc(C6CCN(C)CC6)c5)cc4F)ncnc3cc2OC)CC1. The van der Waals surface area contributed by atoms with Crippen LogP contribution in [0.15, 0.2) is 67.6 Å². The third kappa shape index (κ3) is 6.99. The number of hydrogen-bond donors (Lipinski definition) is 2. The van der Waals surface area contributed by atoms with Crippen LogP contribution in [0.4, 0.5) is 21.6 Å². The standard InChI is InChI=1S/C34H38FN7O3/c1-4-33(43)42-15-10-23(11-16-42)39-31-19-26-30(20-32(31)44-3)37-21-38-34(26)40-28-6-5-24(17-27(28)35)45-25-7-12-36-29(18-25)22-8-13-41(2)14-9-22/h4-7,12,17-23,39H,1,8-11,13-16H2,2-3H3,(H,37,38,40). The third-order valence-electron chi connectivity index (χ3n) is 8.62. The van der Waals surface area contributed by atoms with Crippen molar-refractivity contribution in [2.45, 2.75) is 37.6 Å². The highest BCUT2D eigenvalue weighted by Crippen LogP contribution is 2.36. The molecule has 0 atom stereocenters. The van der Waals surface area contributed by atoms with Gasteiger partial charge in [-0.1, -0.05) is 6.58 Å². The zero-order valence-corrected chi connectivity index (χ0v) is 25.6. The quantitative estimate of drug-likeness (QED) is 0.217. The maximum atomic E-state index is 15.4. The van der Waals surface area contributed by atoms with Crippen molar-refractivity contribution in [3.63, 3.8) is 0 Å². The van der Waals surface area contributed by atoms with Crippen molar-refractivity contribution in [1.29, 1.82) is 0 Å². The molecule has 2 aliphatic rings. The number of hydrogen-bond acceptors (Lipinski definition) is 9. The molecule has 2 aromatic carbocycles. The number of fused-ring (bicyclic) bond motifs is 1. The molecule has 0 unspecified atom stereocenters. The van der Waals surface area contributed by atoms with Gasteiger partial charge in [0.2, 0.25) is 5.91 Å². The number of benzene rings is 2. The van der Waals surface area contributed by atoms with Gasteiger partial charge in [-0.25, -0.2) is 14.4 Å². The van der Waals surface area contributed by atoms with Crippen molar-refractivity contribution in [3.05, 3.63) is 79.2 Å². The minimum Gasteiger partial charge on any atom is -0.495 e. The Labute approximate surface area is 262 Å². The van der Waals surface area contributed by atoms with Gasteiger partial charge in [0.1, 0.15) is 35.2 Å². The average Bonchev–Trinajstić information content (AvgIpc) is 3.06. The molecule has 2 saturated heterocycles. The molecule has 0 spiro atoms. The van der Waals surface area contributed by atoms with Crippen molar-refractivity contribution in [2.75, 3.05) is 51.0 Å². The van der Waals surface area contributed by atoms with Gasteiger partial charge in [-0.3, -0.25) is 9.78 Å². The van der Waals surface area contributed by atoms with Crippen LogP contribution < -0.4 is 20.1 Å². The lowest BCUT2D eigenvalue weighted by atomic mass is 9.93. The van der Waals surface area contributed by atoms with E-state index in [2.05, 4.69) is 44.1 Å². The zero-order chi connectivity index (χ0) is 31.3. The van der Waals surface area contributed by atoms with Crippen LogP contribution in [-0.4, -0.2) is 77.0 Å². The zero-order valence-electron chi connectivity index (χ0n) is 25.6. The summed E-state index contributed by atoms with van der Waals surface area (Å²) in [6.45, 7) is 6.97. The minimum atomic E-state index is -0.475. The van der Waals surface area contributed by atoms with Crippen molar-refractivity contribution >= 4 is 34.0 Å². The normalized spacial score (nSPS) is 16.4. The van der Waals surface area contributed by atoms with Crippen molar-refractivity contribution in [3.8, 4) is 17.2 Å². The molecule has 0 bridgehead atoms. The molecule has 10 nitrogen and oxygen atoms in total. The van der Waals surface area contributed by atoms with Crippen LogP contribution in [-0.2, 0) is 4.79 Å². The number of amides is 1. The summed E-state index contributed by atoms with van der Waals surface area (Å²) in [5.74, 6) is 1.99. The number of likely N-dealkylation sites (tertiary alicyclic amines) is 2. The molecule has 2 aromatic heterocycles. The number of ether oxygens (including phenoxy) is 2. The summed E-state index contributed by atoms with van der Waals surface area (Å²) in [5.41, 5.74) is 2.69. The molecule has 11 heteroatoms. The van der Waals surface area contributed by atoms with E-state index in [-0.39, 0.29) is 17.6 Å². The first-order chi connectivity index (χ1) is 21.9. The molecular weight excluding hydrogens is 573 g/mol. The van der Waals surface area contributed by atoms with Crippen LogP contribution >= 0.6 is 0 Å². The second kappa shape index (κ2) is 13.5. The molecule has 0 aliphatic carbocycles. The number of nitrogens with zero attached hydrogens (tertiary/aromatic N) is 5. The summed E-state index contributed by atoms with van der Waals surface area (Å²) >= 11 is 0. The fourth-order valence-corrected chi connectivity index (χ4v) is 6.00. The topological polar surface area (TPSA) is 105 Å². The van der Waals surface area contributed by atoms with Gasteiger partial charge in [-0.05, 0) is 76.2 Å². The number of nitrogens with one attached hydrogen (secondary N) is 2. The number of piperidine rings is 2. The highest BCUT2D eigenvalue weighted by molar-refractivity contribution is 5.95. The fourth-order valence-electron chi connectivity index (χ4n) is 6.00. The number of methoxy groups -OCH3 is 1. The van der Waals surface area contributed by atoms with E-state index in [1.807, 2.05) is 18.2 Å². The van der Waals surface area contributed by atoms with E-state index in [0.29, 0.717) is 53.0 Å². The molecule has 4 heterocycles. The monoisotopic (exact) mass is 611 g/mol. The Bertz CT molecular complexity index is 1680. The highest BCUT2D eigenvalue weighted by Gasteiger charge is 2.23. The number of pyridine rings is 1. The lowest BCUT2D eigenvalue weighted by Crippen LogP contribution is -2.41. The van der Waals surface area contributed by atoms with Gasteiger partial charge in [0.15, 0.2) is 0 Å². The van der Waals surface area contributed by atoms with E-state index < -0.39 is 5.82 Å². The molecule has 2 fully saturated rings. The molecule has 4 aromatic rings. The smallest absolute Gasteiger partial charge is 0.245 e. The van der Waals surface area contributed by atoms with Crippen molar-refractivity contribution < 1.29 is 18.7 Å². The number of anilines is 3. The van der Waals surface area contributed by atoms with Gasteiger partial charge < -0.3 is 29.9 Å². The Hall–Kier alpha value is -4.77. The molecule has 45 heavy (non-hydrogen) atoms. The second-order valence-electron chi connectivity index (χ2n) is 11.6. The van der Waals surface area contributed by atoms with Crippen LogP contribution in [0.1, 0.15) is 37.3 Å². The molecule has 1 amide bonds. The summed E-state index contributed by atoms with van der Waals surface area (Å²) < 4.78 is 27.1. The second-order valence-corrected chi connectivity index (χ2v) is 11.6. The molecular formula is C34H38FN7O3. The Balaban J connectivity index is 1.17. The third-order valence-corrected chi connectivity index (χ3v) is 8.62. The fraction of sp³-hybridized carbons (Fsp3) is 0.353. The lowest BCUT2D eigenvalue weighted by Gasteiger charge is -2.32. The summed E-state index contributed by atoms with van der Waals surface area (Å²) in [6, 6.07) is 12.4. The Morgan fingerprint density at radius 2 is 1.76 bits per heavy atom. The number of carbonyl (C=O) groups is 1. The molecule has 6 rings (SSSR count). The first kappa shape index (κ1) is 30.3. The Morgan fingerprint density at radius 1 is 0.978 bits per heavy atom. The Morgan fingerprint density at radius 3 is 2.49 bits per heavy atom. The van der Waals surface area contributed by atoms with Gasteiger partial charge in [0, 0.05) is 60.5 Å². The maximum Gasteiger partial charge on any atom is 0.245 e. The number of carbonyl (C=O) groups excluding carboxylic acids is 1. The highest BCUT2D eigenvalue weighted by atomic mass is 19.1. The van der Waals surface area contributed by atoms with E-state index in [0.717, 1.165) is 50.2 Å². The van der Waals surface area contributed by atoms with Crippen LogP contribution in [0.3, 0.4) is 0 Å². The van der Waals surface area contributed by atoms with Crippen molar-refractivity contribution in [2.24, 2.45) is 0 Å². The largest absolute Gasteiger partial charge is 0.495 e. The van der Waals surface area contributed by atoms with Crippen LogP contribution in [0, 0.1) is 5.82 Å². The first-order valence-electron chi connectivity index (χ1n) is 15.3. The Kier molecular flexibility index (Phi) is 9.06. The maximum absolute atomic E-state index is 15.4. The van der Waals surface area contributed by atoms with Gasteiger partial charge in [0.05, 0.1) is 24.0 Å². The van der Waals surface area contributed by atoms with Crippen LogP contribution in [0.5, 0.6) is 17.2 Å². The number of aromatic nitrogens is 3. The van der Waals surface area contributed by atoms with Crippen molar-refractivity contribution in [1.82, 2.24) is 24.8 Å². The van der Waals surface area contributed by atoms with E-state index in [9.17, 15) is 4.79 Å². The first-order valence-corrected chi connectivity index (χ1v) is 15.3. The molecule has 2 aliphatic heterocycles.